The zero-order valence-corrected chi connectivity index (χ0v) is 18.8. The molecular formula is C23H13Cl3FN3O3. The van der Waals surface area contributed by atoms with E-state index in [4.69, 9.17) is 34.8 Å². The van der Waals surface area contributed by atoms with E-state index in [1.54, 1.807) is 30.3 Å². The number of carbonyl (C=O) groups is 3. The SMILES string of the molecule is O=C(Nc1cc(Cl)cc(Cl)c1)c1ccc(NC2=C(Cl)C(=O)N(c3ccc(F)cc3)C2=O)cc1. The van der Waals surface area contributed by atoms with Crippen molar-refractivity contribution in [3.8, 4) is 0 Å². The molecule has 2 N–H and O–H groups in total. The standard InChI is InChI=1S/C23H13Cl3FN3O3/c24-13-9-14(25)11-17(10-13)29-21(31)12-1-5-16(6-2-12)28-20-19(26)22(32)30(23(20)33)18-7-3-15(27)4-8-18/h1-11,28H,(H,29,31). The molecule has 0 saturated heterocycles. The Morgan fingerprint density at radius 2 is 1.39 bits per heavy atom. The summed E-state index contributed by atoms with van der Waals surface area (Å²) in [5.41, 5.74) is 1.25. The number of nitrogens with one attached hydrogen (secondary N) is 2. The molecule has 0 fully saturated rings. The van der Waals surface area contributed by atoms with Crippen LogP contribution in [0, 0.1) is 5.82 Å². The van der Waals surface area contributed by atoms with Crippen LogP contribution in [0.5, 0.6) is 0 Å². The molecule has 0 aromatic heterocycles. The highest BCUT2D eigenvalue weighted by Gasteiger charge is 2.38. The smallest absolute Gasteiger partial charge is 0.283 e. The molecule has 33 heavy (non-hydrogen) atoms. The molecule has 3 aromatic carbocycles. The minimum absolute atomic E-state index is 0.128. The van der Waals surface area contributed by atoms with E-state index >= 15 is 0 Å². The van der Waals surface area contributed by atoms with E-state index in [1.807, 2.05) is 0 Å². The number of amides is 3. The first-order valence-electron chi connectivity index (χ1n) is 9.41. The number of hydrogen-bond acceptors (Lipinski definition) is 4. The lowest BCUT2D eigenvalue weighted by atomic mass is 10.2. The fourth-order valence-corrected chi connectivity index (χ4v) is 3.85. The van der Waals surface area contributed by atoms with Crippen molar-refractivity contribution in [2.24, 2.45) is 0 Å². The van der Waals surface area contributed by atoms with Crippen LogP contribution in [0.1, 0.15) is 10.4 Å². The van der Waals surface area contributed by atoms with Gasteiger partial charge in [0.25, 0.3) is 17.7 Å². The van der Waals surface area contributed by atoms with E-state index in [-0.39, 0.29) is 16.4 Å². The number of benzene rings is 3. The molecular weight excluding hydrogens is 492 g/mol. The number of imide groups is 1. The Morgan fingerprint density at radius 1 is 0.788 bits per heavy atom. The van der Waals surface area contributed by atoms with Crippen molar-refractivity contribution < 1.29 is 18.8 Å². The third-order valence-corrected chi connectivity index (χ3v) is 5.44. The van der Waals surface area contributed by atoms with Crippen molar-refractivity contribution in [1.82, 2.24) is 0 Å². The van der Waals surface area contributed by atoms with E-state index in [0.717, 1.165) is 17.0 Å². The third-order valence-electron chi connectivity index (χ3n) is 4.65. The van der Waals surface area contributed by atoms with Gasteiger partial charge in [-0.25, -0.2) is 9.29 Å². The Kier molecular flexibility index (Phi) is 6.37. The number of hydrogen-bond donors (Lipinski definition) is 2. The summed E-state index contributed by atoms with van der Waals surface area (Å²) in [5.74, 6) is -2.31. The van der Waals surface area contributed by atoms with Crippen LogP contribution < -0.4 is 15.5 Å². The maximum absolute atomic E-state index is 13.2. The topological polar surface area (TPSA) is 78.5 Å². The summed E-state index contributed by atoms with van der Waals surface area (Å²) >= 11 is 18.0. The normalized spacial score (nSPS) is 13.5. The van der Waals surface area contributed by atoms with E-state index < -0.39 is 23.5 Å². The molecule has 0 aliphatic carbocycles. The molecule has 0 atom stereocenters. The molecule has 6 nitrogen and oxygen atoms in total. The van der Waals surface area contributed by atoms with E-state index in [9.17, 15) is 18.8 Å². The minimum Gasteiger partial charge on any atom is -0.350 e. The van der Waals surface area contributed by atoms with Crippen LogP contribution in [0.3, 0.4) is 0 Å². The lowest BCUT2D eigenvalue weighted by Gasteiger charge is -2.15. The zero-order valence-electron chi connectivity index (χ0n) is 16.5. The highest BCUT2D eigenvalue weighted by atomic mass is 35.5. The second-order valence-electron chi connectivity index (χ2n) is 6.93. The molecule has 166 valence electrons. The lowest BCUT2D eigenvalue weighted by molar-refractivity contribution is -0.120. The van der Waals surface area contributed by atoms with Crippen molar-refractivity contribution in [2.75, 3.05) is 15.5 Å². The van der Waals surface area contributed by atoms with Gasteiger partial charge in [0.15, 0.2) is 0 Å². The molecule has 1 aliphatic rings. The van der Waals surface area contributed by atoms with Gasteiger partial charge in [-0.1, -0.05) is 34.8 Å². The van der Waals surface area contributed by atoms with Crippen molar-refractivity contribution in [3.05, 3.63) is 98.9 Å². The predicted molar refractivity (Wildman–Crippen MR) is 126 cm³/mol. The summed E-state index contributed by atoms with van der Waals surface area (Å²) in [5, 5.41) is 5.96. The van der Waals surface area contributed by atoms with Gasteiger partial charge in [0.05, 0.1) is 5.69 Å². The molecule has 0 spiro atoms. The molecule has 4 rings (SSSR count). The van der Waals surface area contributed by atoms with Crippen molar-refractivity contribution >= 4 is 69.6 Å². The van der Waals surface area contributed by atoms with Crippen molar-refractivity contribution in [1.29, 1.82) is 0 Å². The highest BCUT2D eigenvalue weighted by Crippen LogP contribution is 2.30. The Balaban J connectivity index is 1.48. The molecule has 1 aliphatic heterocycles. The maximum Gasteiger partial charge on any atom is 0.283 e. The second kappa shape index (κ2) is 9.23. The number of carbonyl (C=O) groups excluding carboxylic acids is 3. The summed E-state index contributed by atoms with van der Waals surface area (Å²) in [6.45, 7) is 0. The number of halogens is 4. The average Bonchev–Trinajstić information content (AvgIpc) is 2.97. The first kappa shape index (κ1) is 22.8. The van der Waals surface area contributed by atoms with E-state index in [0.29, 0.717) is 27.0 Å². The van der Waals surface area contributed by atoms with E-state index in [1.165, 1.54) is 24.3 Å². The first-order valence-corrected chi connectivity index (χ1v) is 10.5. The van der Waals surface area contributed by atoms with Gasteiger partial charge < -0.3 is 10.6 Å². The van der Waals surface area contributed by atoms with Crippen molar-refractivity contribution in [3.63, 3.8) is 0 Å². The van der Waals surface area contributed by atoms with Gasteiger partial charge in [0.2, 0.25) is 0 Å². The molecule has 1 heterocycles. The van der Waals surface area contributed by atoms with Gasteiger partial charge in [-0.15, -0.1) is 0 Å². The Hall–Kier alpha value is -3.39. The van der Waals surface area contributed by atoms with Gasteiger partial charge in [0.1, 0.15) is 16.5 Å². The predicted octanol–water partition coefficient (Wildman–Crippen LogP) is 5.82. The molecule has 3 amide bonds. The number of nitrogens with zero attached hydrogens (tertiary/aromatic N) is 1. The fourth-order valence-electron chi connectivity index (χ4n) is 3.11. The number of anilines is 3. The van der Waals surface area contributed by atoms with Crippen LogP contribution in [-0.4, -0.2) is 17.7 Å². The molecule has 10 heteroatoms. The molecule has 3 aromatic rings. The lowest BCUT2D eigenvalue weighted by Crippen LogP contribution is -2.32. The molecule has 0 bridgehead atoms. The summed E-state index contributed by atoms with van der Waals surface area (Å²) < 4.78 is 13.2. The summed E-state index contributed by atoms with van der Waals surface area (Å²) in [6, 6.07) is 15.7. The Morgan fingerprint density at radius 3 is 2.00 bits per heavy atom. The van der Waals surface area contributed by atoms with Crippen LogP contribution in [0.2, 0.25) is 10.0 Å². The minimum atomic E-state index is -0.730. The van der Waals surface area contributed by atoms with Gasteiger partial charge in [0, 0.05) is 27.0 Å². The van der Waals surface area contributed by atoms with Crippen LogP contribution in [0.25, 0.3) is 0 Å². The molecule has 0 radical (unpaired) electrons. The first-order chi connectivity index (χ1) is 15.7. The van der Waals surface area contributed by atoms with Gasteiger partial charge >= 0.3 is 0 Å². The van der Waals surface area contributed by atoms with Crippen LogP contribution in [0.15, 0.2) is 77.5 Å². The van der Waals surface area contributed by atoms with Gasteiger partial charge in [-0.3, -0.25) is 14.4 Å². The highest BCUT2D eigenvalue weighted by molar-refractivity contribution is 6.53. The summed E-state index contributed by atoms with van der Waals surface area (Å²) in [4.78, 5) is 38.6. The maximum atomic E-state index is 13.2. The average molecular weight is 505 g/mol. The largest absolute Gasteiger partial charge is 0.350 e. The molecule has 0 saturated carbocycles. The van der Waals surface area contributed by atoms with Crippen LogP contribution >= 0.6 is 34.8 Å². The Labute approximate surface area is 202 Å². The fraction of sp³-hybridized carbons (Fsp3) is 0. The monoisotopic (exact) mass is 503 g/mol. The zero-order chi connectivity index (χ0) is 23.7. The van der Waals surface area contributed by atoms with E-state index in [2.05, 4.69) is 10.6 Å². The second-order valence-corrected chi connectivity index (χ2v) is 8.18. The summed E-state index contributed by atoms with van der Waals surface area (Å²) in [7, 11) is 0. The third kappa shape index (κ3) is 4.85. The molecule has 0 unspecified atom stereocenters. The number of rotatable bonds is 5. The van der Waals surface area contributed by atoms with Crippen molar-refractivity contribution in [2.45, 2.75) is 0 Å². The van der Waals surface area contributed by atoms with Gasteiger partial charge in [-0.05, 0) is 66.7 Å². The van der Waals surface area contributed by atoms with Crippen LogP contribution in [0.4, 0.5) is 21.5 Å². The Bertz CT molecular complexity index is 1290. The quantitative estimate of drug-likeness (QED) is 0.429. The summed E-state index contributed by atoms with van der Waals surface area (Å²) in [6.07, 6.45) is 0. The van der Waals surface area contributed by atoms with Gasteiger partial charge in [-0.2, -0.15) is 0 Å². The van der Waals surface area contributed by atoms with Crippen LogP contribution in [-0.2, 0) is 9.59 Å².